The summed E-state index contributed by atoms with van der Waals surface area (Å²) in [5.41, 5.74) is 8.81. The normalized spacial score (nSPS) is 10.5. The van der Waals surface area contributed by atoms with E-state index in [1.807, 2.05) is 37.3 Å². The molecule has 0 aliphatic carbocycles. The molecule has 2 aromatic rings. The van der Waals surface area contributed by atoms with Crippen LogP contribution in [-0.2, 0) is 17.9 Å². The highest BCUT2D eigenvalue weighted by Gasteiger charge is 2.08. The zero-order valence-corrected chi connectivity index (χ0v) is 11.2. The Labute approximate surface area is 113 Å². The topological polar surface area (TPSA) is 57.4 Å². The maximum Gasteiger partial charge on any atom is 0.223 e. The van der Waals surface area contributed by atoms with Crippen LogP contribution in [0.3, 0.4) is 0 Å². The lowest BCUT2D eigenvalue weighted by Crippen LogP contribution is -2.03. The van der Waals surface area contributed by atoms with E-state index in [0.29, 0.717) is 19.0 Å². The predicted octanol–water partition coefficient (Wildman–Crippen LogP) is 2.79. The highest BCUT2D eigenvalue weighted by Crippen LogP contribution is 2.25. The van der Waals surface area contributed by atoms with Crippen LogP contribution >= 0.6 is 0 Å². The van der Waals surface area contributed by atoms with Gasteiger partial charge < -0.3 is 15.2 Å². The Balaban J connectivity index is 2.26. The molecule has 0 fully saturated rings. The van der Waals surface area contributed by atoms with Gasteiger partial charge in [0.1, 0.15) is 5.75 Å². The smallest absolute Gasteiger partial charge is 0.223 e. The van der Waals surface area contributed by atoms with Gasteiger partial charge in [0.15, 0.2) is 0 Å². The van der Waals surface area contributed by atoms with E-state index in [2.05, 4.69) is 4.98 Å². The monoisotopic (exact) mass is 258 g/mol. The summed E-state index contributed by atoms with van der Waals surface area (Å²) in [6.45, 7) is 2.97. The van der Waals surface area contributed by atoms with E-state index < -0.39 is 0 Å². The number of benzene rings is 1. The van der Waals surface area contributed by atoms with Crippen molar-refractivity contribution in [3.05, 3.63) is 53.2 Å². The molecule has 4 nitrogen and oxygen atoms in total. The van der Waals surface area contributed by atoms with Gasteiger partial charge in [0.05, 0.1) is 6.61 Å². The van der Waals surface area contributed by atoms with E-state index in [-0.39, 0.29) is 0 Å². The SMILES string of the molecule is COCc1cccc(Oc2nccc(C)c2CN)c1. The van der Waals surface area contributed by atoms with Gasteiger partial charge in [-0.1, -0.05) is 12.1 Å². The molecule has 1 aromatic heterocycles. The Hall–Kier alpha value is -1.91. The van der Waals surface area contributed by atoms with Crippen molar-refractivity contribution in [1.82, 2.24) is 4.98 Å². The molecule has 1 aromatic carbocycles. The molecule has 0 saturated carbocycles. The van der Waals surface area contributed by atoms with E-state index in [4.69, 9.17) is 15.2 Å². The molecular weight excluding hydrogens is 240 g/mol. The predicted molar refractivity (Wildman–Crippen MR) is 74.1 cm³/mol. The van der Waals surface area contributed by atoms with Crippen LogP contribution in [0.15, 0.2) is 36.5 Å². The highest BCUT2D eigenvalue weighted by atomic mass is 16.5. The summed E-state index contributed by atoms with van der Waals surface area (Å²) in [5.74, 6) is 1.31. The molecule has 0 unspecified atom stereocenters. The second kappa shape index (κ2) is 6.31. The number of nitrogens with zero attached hydrogens (tertiary/aromatic N) is 1. The number of hydrogen-bond acceptors (Lipinski definition) is 4. The van der Waals surface area contributed by atoms with E-state index in [1.54, 1.807) is 13.3 Å². The Morgan fingerprint density at radius 2 is 2.11 bits per heavy atom. The van der Waals surface area contributed by atoms with Crippen LogP contribution in [0.25, 0.3) is 0 Å². The number of aryl methyl sites for hydroxylation is 1. The highest BCUT2D eigenvalue weighted by molar-refractivity contribution is 5.38. The largest absolute Gasteiger partial charge is 0.439 e. The van der Waals surface area contributed by atoms with Gasteiger partial charge >= 0.3 is 0 Å². The van der Waals surface area contributed by atoms with Crippen LogP contribution in [-0.4, -0.2) is 12.1 Å². The minimum Gasteiger partial charge on any atom is -0.439 e. The maximum absolute atomic E-state index is 5.82. The van der Waals surface area contributed by atoms with Crippen LogP contribution in [0.1, 0.15) is 16.7 Å². The van der Waals surface area contributed by atoms with Gasteiger partial charge in [-0.05, 0) is 36.2 Å². The lowest BCUT2D eigenvalue weighted by Gasteiger charge is -2.11. The molecule has 0 spiro atoms. The zero-order chi connectivity index (χ0) is 13.7. The minimum absolute atomic E-state index is 0.409. The van der Waals surface area contributed by atoms with Crippen molar-refractivity contribution < 1.29 is 9.47 Å². The summed E-state index contributed by atoms with van der Waals surface area (Å²) in [6, 6.07) is 9.68. The van der Waals surface area contributed by atoms with Gasteiger partial charge in [-0.2, -0.15) is 0 Å². The van der Waals surface area contributed by atoms with Gasteiger partial charge in [0.2, 0.25) is 5.88 Å². The van der Waals surface area contributed by atoms with Crippen LogP contribution in [0, 0.1) is 6.92 Å². The molecule has 1 heterocycles. The molecule has 0 amide bonds. The first-order valence-corrected chi connectivity index (χ1v) is 6.15. The summed E-state index contributed by atoms with van der Waals surface area (Å²) in [5, 5.41) is 0. The summed E-state index contributed by atoms with van der Waals surface area (Å²) in [6.07, 6.45) is 1.73. The van der Waals surface area contributed by atoms with Crippen LogP contribution in [0.5, 0.6) is 11.6 Å². The number of rotatable bonds is 5. The minimum atomic E-state index is 0.409. The van der Waals surface area contributed by atoms with Crippen molar-refractivity contribution in [3.63, 3.8) is 0 Å². The van der Waals surface area contributed by atoms with Gasteiger partial charge in [0, 0.05) is 25.4 Å². The molecule has 4 heteroatoms. The lowest BCUT2D eigenvalue weighted by atomic mass is 10.1. The maximum atomic E-state index is 5.82. The summed E-state index contributed by atoms with van der Waals surface area (Å²) < 4.78 is 10.9. The lowest BCUT2D eigenvalue weighted by molar-refractivity contribution is 0.184. The van der Waals surface area contributed by atoms with Crippen molar-refractivity contribution in [3.8, 4) is 11.6 Å². The number of nitrogens with two attached hydrogens (primary N) is 1. The second-order valence-electron chi connectivity index (χ2n) is 4.30. The van der Waals surface area contributed by atoms with Crippen molar-refractivity contribution in [2.45, 2.75) is 20.1 Å². The average Bonchev–Trinajstić information content (AvgIpc) is 2.40. The van der Waals surface area contributed by atoms with Crippen LogP contribution < -0.4 is 10.5 Å². The Bertz CT molecular complexity index is 556. The van der Waals surface area contributed by atoms with E-state index >= 15 is 0 Å². The number of aromatic nitrogens is 1. The molecule has 2 N–H and O–H groups in total. The number of methoxy groups -OCH3 is 1. The van der Waals surface area contributed by atoms with E-state index in [9.17, 15) is 0 Å². The number of pyridine rings is 1. The molecule has 0 atom stereocenters. The first kappa shape index (κ1) is 13.5. The fraction of sp³-hybridized carbons (Fsp3) is 0.267. The molecule has 0 aliphatic heterocycles. The average molecular weight is 258 g/mol. The second-order valence-corrected chi connectivity index (χ2v) is 4.30. The van der Waals surface area contributed by atoms with Crippen LogP contribution in [0.2, 0.25) is 0 Å². The number of ether oxygens (including phenoxy) is 2. The fourth-order valence-corrected chi connectivity index (χ4v) is 1.88. The summed E-state index contributed by atoms with van der Waals surface area (Å²) >= 11 is 0. The third-order valence-corrected chi connectivity index (χ3v) is 2.88. The van der Waals surface area contributed by atoms with Crippen molar-refractivity contribution in [1.29, 1.82) is 0 Å². The standard InChI is InChI=1S/C15H18N2O2/c1-11-6-7-17-15(14(11)9-16)19-13-5-3-4-12(8-13)10-18-2/h3-8H,9-10,16H2,1-2H3. The van der Waals surface area contributed by atoms with E-state index in [0.717, 1.165) is 22.4 Å². The zero-order valence-electron chi connectivity index (χ0n) is 11.2. The molecule has 100 valence electrons. The van der Waals surface area contributed by atoms with Gasteiger partial charge in [-0.25, -0.2) is 4.98 Å². The molecule has 0 radical (unpaired) electrons. The molecule has 19 heavy (non-hydrogen) atoms. The molecule has 0 bridgehead atoms. The van der Waals surface area contributed by atoms with Crippen LogP contribution in [0.4, 0.5) is 0 Å². The third-order valence-electron chi connectivity index (χ3n) is 2.88. The summed E-state index contributed by atoms with van der Waals surface area (Å²) in [7, 11) is 1.67. The molecule has 0 aliphatic rings. The van der Waals surface area contributed by atoms with Crippen molar-refractivity contribution >= 4 is 0 Å². The quantitative estimate of drug-likeness (QED) is 0.896. The fourth-order valence-electron chi connectivity index (χ4n) is 1.88. The molecule has 2 rings (SSSR count). The Kier molecular flexibility index (Phi) is 4.49. The van der Waals surface area contributed by atoms with Gasteiger partial charge in [-0.3, -0.25) is 0 Å². The molecular formula is C15H18N2O2. The van der Waals surface area contributed by atoms with Crippen molar-refractivity contribution in [2.24, 2.45) is 5.73 Å². The summed E-state index contributed by atoms with van der Waals surface area (Å²) in [4.78, 5) is 4.25. The third kappa shape index (κ3) is 3.30. The van der Waals surface area contributed by atoms with Gasteiger partial charge in [0.25, 0.3) is 0 Å². The first-order valence-electron chi connectivity index (χ1n) is 6.15. The van der Waals surface area contributed by atoms with Crippen molar-refractivity contribution in [2.75, 3.05) is 7.11 Å². The Morgan fingerprint density at radius 1 is 1.26 bits per heavy atom. The van der Waals surface area contributed by atoms with E-state index in [1.165, 1.54) is 0 Å². The van der Waals surface area contributed by atoms with Gasteiger partial charge in [-0.15, -0.1) is 0 Å². The first-order chi connectivity index (χ1) is 9.24. The number of hydrogen-bond donors (Lipinski definition) is 1. The Morgan fingerprint density at radius 3 is 2.84 bits per heavy atom. The molecule has 0 saturated heterocycles.